The number of nitrogens with one attached hydrogen (secondary N) is 2. The lowest BCUT2D eigenvalue weighted by atomic mass is 10.1. The zero-order chi connectivity index (χ0) is 21.8. The molecule has 0 fully saturated rings. The first kappa shape index (κ1) is 20.8. The van der Waals surface area contributed by atoms with Crippen molar-refractivity contribution < 1.29 is 19.1 Å². The van der Waals surface area contributed by atoms with E-state index in [1.165, 1.54) is 11.8 Å². The molecule has 1 atom stereocenters. The maximum Gasteiger partial charge on any atom is 0.321 e. The van der Waals surface area contributed by atoms with Gasteiger partial charge in [-0.05, 0) is 61.0 Å². The lowest BCUT2D eigenvalue weighted by Gasteiger charge is -2.13. The summed E-state index contributed by atoms with van der Waals surface area (Å²) in [7, 11) is 0. The van der Waals surface area contributed by atoms with E-state index in [0.717, 1.165) is 20.8 Å². The van der Waals surface area contributed by atoms with E-state index in [9.17, 15) is 14.7 Å². The fourth-order valence-corrected chi connectivity index (χ4v) is 4.20. The number of amides is 1. The minimum atomic E-state index is -1.09. The molecule has 0 spiro atoms. The van der Waals surface area contributed by atoms with Gasteiger partial charge in [0, 0.05) is 11.3 Å². The molecule has 2 heterocycles. The third-order valence-corrected chi connectivity index (χ3v) is 5.82. The number of carboxylic acids is 1. The predicted octanol–water partition coefficient (Wildman–Crippen LogP) is 4.44. The van der Waals surface area contributed by atoms with Crippen LogP contribution in [0, 0.1) is 6.92 Å². The number of carbonyl (C=O) groups excluding carboxylic acids is 1. The zero-order valence-corrected chi connectivity index (χ0v) is 17.6. The maximum absolute atomic E-state index is 12.3. The lowest BCUT2D eigenvalue weighted by molar-refractivity contribution is -0.141. The van der Waals surface area contributed by atoms with Crippen molar-refractivity contribution in [2.75, 3.05) is 5.32 Å². The van der Waals surface area contributed by atoms with Crippen LogP contribution in [0.15, 0.2) is 65.3 Å². The Balaban J connectivity index is 1.38. The van der Waals surface area contributed by atoms with Gasteiger partial charge in [-0.25, -0.2) is 4.98 Å². The number of nitrogens with zero attached hydrogens (tertiary/aromatic N) is 1. The standard InChI is InChI=1S/C23H21N3O4S/c1-14-4-9-18-20(11-14)31-22(26-18)15-5-7-16(8-6-15)25-21(27)12-19(23(28)29)24-13-17-3-2-10-30-17/h2-11,19,24H,12-13H2,1H3,(H,25,27)(H,28,29). The Morgan fingerprint density at radius 2 is 1.97 bits per heavy atom. The molecule has 7 nitrogen and oxygen atoms in total. The molecule has 8 heteroatoms. The van der Waals surface area contributed by atoms with Gasteiger partial charge in [-0.3, -0.25) is 14.9 Å². The molecule has 0 aliphatic rings. The molecule has 0 aliphatic carbocycles. The average Bonchev–Trinajstić information content (AvgIpc) is 3.40. The number of anilines is 1. The van der Waals surface area contributed by atoms with Crippen LogP contribution in [-0.2, 0) is 16.1 Å². The monoisotopic (exact) mass is 435 g/mol. The number of rotatable bonds is 8. The molecule has 2 aromatic carbocycles. The van der Waals surface area contributed by atoms with E-state index < -0.39 is 12.0 Å². The largest absolute Gasteiger partial charge is 0.480 e. The number of aliphatic carboxylic acids is 1. The van der Waals surface area contributed by atoms with Crippen molar-refractivity contribution in [3.8, 4) is 10.6 Å². The van der Waals surface area contributed by atoms with Gasteiger partial charge in [0.25, 0.3) is 0 Å². The van der Waals surface area contributed by atoms with Crippen molar-refractivity contribution >= 4 is 39.1 Å². The smallest absolute Gasteiger partial charge is 0.321 e. The topological polar surface area (TPSA) is 104 Å². The molecule has 0 saturated carbocycles. The zero-order valence-electron chi connectivity index (χ0n) is 16.8. The third-order valence-electron chi connectivity index (χ3n) is 4.75. The van der Waals surface area contributed by atoms with Crippen molar-refractivity contribution in [2.45, 2.75) is 25.9 Å². The highest BCUT2D eigenvalue weighted by Crippen LogP contribution is 2.31. The molecule has 1 amide bonds. The van der Waals surface area contributed by atoms with Crippen LogP contribution in [0.5, 0.6) is 0 Å². The summed E-state index contributed by atoms with van der Waals surface area (Å²) >= 11 is 1.62. The van der Waals surface area contributed by atoms with Gasteiger partial charge in [0.15, 0.2) is 0 Å². The van der Waals surface area contributed by atoms with E-state index in [1.54, 1.807) is 35.6 Å². The summed E-state index contributed by atoms with van der Waals surface area (Å²) in [6, 6.07) is 16.0. The second kappa shape index (κ2) is 9.11. The second-order valence-corrected chi connectivity index (χ2v) is 8.20. The highest BCUT2D eigenvalue weighted by Gasteiger charge is 2.21. The molecule has 31 heavy (non-hydrogen) atoms. The van der Waals surface area contributed by atoms with Crippen LogP contribution in [0.2, 0.25) is 0 Å². The van der Waals surface area contributed by atoms with Crippen LogP contribution in [-0.4, -0.2) is 28.0 Å². The minimum Gasteiger partial charge on any atom is -0.480 e. The van der Waals surface area contributed by atoms with E-state index >= 15 is 0 Å². The van der Waals surface area contributed by atoms with Gasteiger partial charge in [0.05, 0.1) is 29.4 Å². The third kappa shape index (κ3) is 5.17. The van der Waals surface area contributed by atoms with Crippen molar-refractivity contribution in [3.63, 3.8) is 0 Å². The van der Waals surface area contributed by atoms with Crippen molar-refractivity contribution in [2.24, 2.45) is 0 Å². The molecule has 2 aromatic heterocycles. The first-order valence-electron chi connectivity index (χ1n) is 9.74. The Morgan fingerprint density at radius 1 is 1.16 bits per heavy atom. The summed E-state index contributed by atoms with van der Waals surface area (Å²) < 4.78 is 6.31. The molecular weight excluding hydrogens is 414 g/mol. The van der Waals surface area contributed by atoms with Crippen molar-refractivity contribution in [1.82, 2.24) is 10.3 Å². The quantitative estimate of drug-likeness (QED) is 0.378. The first-order valence-corrected chi connectivity index (χ1v) is 10.6. The van der Waals surface area contributed by atoms with Gasteiger partial charge >= 0.3 is 5.97 Å². The number of furan rings is 1. The van der Waals surface area contributed by atoms with E-state index in [2.05, 4.69) is 28.6 Å². The van der Waals surface area contributed by atoms with Crippen LogP contribution < -0.4 is 10.6 Å². The Morgan fingerprint density at radius 3 is 2.68 bits per heavy atom. The molecule has 4 aromatic rings. The van der Waals surface area contributed by atoms with Crippen LogP contribution in [0.3, 0.4) is 0 Å². The Labute approximate surface area is 182 Å². The molecule has 0 radical (unpaired) electrons. The summed E-state index contributed by atoms with van der Waals surface area (Å²) in [5.41, 5.74) is 3.71. The van der Waals surface area contributed by atoms with Crippen molar-refractivity contribution in [3.05, 3.63) is 72.2 Å². The van der Waals surface area contributed by atoms with Gasteiger partial charge in [-0.2, -0.15) is 0 Å². The number of benzene rings is 2. The van der Waals surface area contributed by atoms with Gasteiger partial charge in [-0.15, -0.1) is 11.3 Å². The van der Waals surface area contributed by atoms with E-state index in [0.29, 0.717) is 11.4 Å². The molecule has 0 bridgehead atoms. The highest BCUT2D eigenvalue weighted by atomic mass is 32.1. The van der Waals surface area contributed by atoms with Crippen LogP contribution >= 0.6 is 11.3 Å². The molecule has 3 N–H and O–H groups in total. The number of carboxylic acid groups (broad SMARTS) is 1. The van der Waals surface area contributed by atoms with E-state index in [4.69, 9.17) is 4.42 Å². The number of carbonyl (C=O) groups is 2. The summed E-state index contributed by atoms with van der Waals surface area (Å²) in [5.74, 6) is -0.877. The van der Waals surface area contributed by atoms with Crippen LogP contribution in [0.25, 0.3) is 20.8 Å². The first-order chi connectivity index (χ1) is 15.0. The van der Waals surface area contributed by atoms with Gasteiger partial charge < -0.3 is 14.8 Å². The van der Waals surface area contributed by atoms with Crippen molar-refractivity contribution in [1.29, 1.82) is 0 Å². The van der Waals surface area contributed by atoms with Gasteiger partial charge in [0.1, 0.15) is 16.8 Å². The van der Waals surface area contributed by atoms with E-state index in [-0.39, 0.29) is 18.9 Å². The Kier molecular flexibility index (Phi) is 6.11. The fourth-order valence-electron chi connectivity index (χ4n) is 3.13. The molecule has 0 saturated heterocycles. The second-order valence-electron chi connectivity index (χ2n) is 7.17. The summed E-state index contributed by atoms with van der Waals surface area (Å²) in [6.07, 6.45) is 1.31. The average molecular weight is 436 g/mol. The number of aromatic nitrogens is 1. The minimum absolute atomic E-state index is 0.199. The number of hydrogen-bond donors (Lipinski definition) is 3. The predicted molar refractivity (Wildman–Crippen MR) is 120 cm³/mol. The molecule has 4 rings (SSSR count). The van der Waals surface area contributed by atoms with Gasteiger partial charge in [0.2, 0.25) is 5.91 Å². The molecule has 1 unspecified atom stereocenters. The summed E-state index contributed by atoms with van der Waals surface area (Å²) in [5, 5.41) is 15.9. The maximum atomic E-state index is 12.3. The number of thiazole rings is 1. The number of aryl methyl sites for hydroxylation is 1. The van der Waals surface area contributed by atoms with E-state index in [1.807, 2.05) is 24.3 Å². The highest BCUT2D eigenvalue weighted by molar-refractivity contribution is 7.21. The Hall–Kier alpha value is -3.49. The SMILES string of the molecule is Cc1ccc2nc(-c3ccc(NC(=O)CC(NCc4ccco4)C(=O)O)cc3)sc2c1. The lowest BCUT2D eigenvalue weighted by Crippen LogP contribution is -2.39. The summed E-state index contributed by atoms with van der Waals surface area (Å²) in [6.45, 7) is 2.28. The van der Waals surface area contributed by atoms with Crippen LogP contribution in [0.1, 0.15) is 17.7 Å². The number of fused-ring (bicyclic) bond motifs is 1. The normalized spacial score (nSPS) is 12.0. The molecule has 158 valence electrons. The van der Waals surface area contributed by atoms with Crippen LogP contribution in [0.4, 0.5) is 5.69 Å². The van der Waals surface area contributed by atoms with Gasteiger partial charge in [-0.1, -0.05) is 6.07 Å². The molecular formula is C23H21N3O4S. The summed E-state index contributed by atoms with van der Waals surface area (Å²) in [4.78, 5) is 28.5. The Bertz CT molecular complexity index is 1200. The molecule has 0 aliphatic heterocycles. The number of hydrogen-bond acceptors (Lipinski definition) is 6. The fraction of sp³-hybridized carbons (Fsp3) is 0.174.